The van der Waals surface area contributed by atoms with Crippen LogP contribution in [0.4, 0.5) is 0 Å². The molecule has 5 heteroatoms. The van der Waals surface area contributed by atoms with Crippen LogP contribution in [0.2, 0.25) is 0 Å². The molecule has 1 N–H and O–H groups in total. The largest absolute Gasteiger partial charge is 0.497 e. The van der Waals surface area contributed by atoms with Gasteiger partial charge in [0.1, 0.15) is 11.4 Å². The van der Waals surface area contributed by atoms with Crippen molar-refractivity contribution in [3.8, 4) is 28.1 Å². The van der Waals surface area contributed by atoms with E-state index < -0.39 is 0 Å². The zero-order valence-corrected chi connectivity index (χ0v) is 17.1. The minimum absolute atomic E-state index is 0.534. The number of ether oxygens (including phenoxy) is 1. The van der Waals surface area contributed by atoms with Crippen molar-refractivity contribution in [1.29, 1.82) is 0 Å². The highest BCUT2D eigenvalue weighted by molar-refractivity contribution is 7.71. The van der Waals surface area contributed by atoms with Gasteiger partial charge in [-0.05, 0) is 53.4 Å². The molecule has 28 heavy (non-hydrogen) atoms. The monoisotopic (exact) mass is 389 g/mol. The van der Waals surface area contributed by atoms with Crippen molar-refractivity contribution < 1.29 is 4.74 Å². The SMILES string of the molecule is COc1ccc(-c2cnc(=S)n3cc(-c4ccc(CC(C)C)cc4)[nH]c23)cc1. The van der Waals surface area contributed by atoms with Crippen LogP contribution in [0.15, 0.2) is 60.9 Å². The van der Waals surface area contributed by atoms with Gasteiger partial charge in [-0.3, -0.25) is 4.40 Å². The summed E-state index contributed by atoms with van der Waals surface area (Å²) in [6.07, 6.45) is 4.93. The molecule has 0 saturated carbocycles. The van der Waals surface area contributed by atoms with Crippen LogP contribution in [0.25, 0.3) is 28.0 Å². The first-order chi connectivity index (χ1) is 13.5. The van der Waals surface area contributed by atoms with Crippen LogP contribution in [0.3, 0.4) is 0 Å². The summed E-state index contributed by atoms with van der Waals surface area (Å²) < 4.78 is 7.73. The molecule has 0 bridgehead atoms. The average Bonchev–Trinajstić information content (AvgIpc) is 3.15. The smallest absolute Gasteiger partial charge is 0.205 e. The molecule has 0 aliphatic rings. The molecule has 0 spiro atoms. The van der Waals surface area contributed by atoms with E-state index in [0.717, 1.165) is 40.2 Å². The van der Waals surface area contributed by atoms with E-state index in [1.54, 1.807) is 7.11 Å². The van der Waals surface area contributed by atoms with Gasteiger partial charge >= 0.3 is 0 Å². The Balaban J connectivity index is 1.77. The molecular formula is C23H23N3OS. The van der Waals surface area contributed by atoms with Crippen LogP contribution in [-0.2, 0) is 6.42 Å². The molecule has 0 radical (unpaired) electrons. The van der Waals surface area contributed by atoms with E-state index in [1.165, 1.54) is 5.56 Å². The molecule has 2 aromatic heterocycles. The minimum atomic E-state index is 0.534. The Labute approximate surface area is 169 Å². The highest BCUT2D eigenvalue weighted by Crippen LogP contribution is 2.28. The summed E-state index contributed by atoms with van der Waals surface area (Å²) in [4.78, 5) is 7.94. The maximum Gasteiger partial charge on any atom is 0.205 e. The molecule has 0 fully saturated rings. The molecule has 0 saturated heterocycles. The van der Waals surface area contributed by atoms with Crippen molar-refractivity contribution in [1.82, 2.24) is 14.4 Å². The van der Waals surface area contributed by atoms with Crippen molar-refractivity contribution >= 4 is 17.9 Å². The first-order valence-corrected chi connectivity index (χ1v) is 9.80. The van der Waals surface area contributed by atoms with Gasteiger partial charge in [0.2, 0.25) is 4.77 Å². The van der Waals surface area contributed by atoms with E-state index in [1.807, 2.05) is 41.1 Å². The average molecular weight is 390 g/mol. The molecule has 0 aliphatic carbocycles. The van der Waals surface area contributed by atoms with Gasteiger partial charge in [0.05, 0.1) is 12.8 Å². The molecule has 142 valence electrons. The molecular weight excluding hydrogens is 366 g/mol. The zero-order chi connectivity index (χ0) is 19.7. The van der Waals surface area contributed by atoms with E-state index in [-0.39, 0.29) is 0 Å². The third-order valence-electron chi connectivity index (χ3n) is 4.83. The number of nitrogens with zero attached hydrogens (tertiary/aromatic N) is 2. The Hall–Kier alpha value is -2.92. The highest BCUT2D eigenvalue weighted by Gasteiger charge is 2.11. The van der Waals surface area contributed by atoms with E-state index >= 15 is 0 Å². The minimum Gasteiger partial charge on any atom is -0.497 e. The van der Waals surface area contributed by atoms with Crippen LogP contribution in [0, 0.1) is 10.7 Å². The fraction of sp³-hybridized carbons (Fsp3) is 0.217. The maximum absolute atomic E-state index is 5.45. The molecule has 4 nitrogen and oxygen atoms in total. The lowest BCUT2D eigenvalue weighted by molar-refractivity contribution is 0.415. The van der Waals surface area contributed by atoms with Gasteiger partial charge in [-0.15, -0.1) is 0 Å². The molecule has 0 atom stereocenters. The number of nitrogens with one attached hydrogen (secondary N) is 1. The number of rotatable bonds is 5. The second-order valence-corrected chi connectivity index (χ2v) is 7.73. The Kier molecular flexibility index (Phi) is 5.01. The number of aromatic nitrogens is 3. The van der Waals surface area contributed by atoms with E-state index in [0.29, 0.717) is 10.7 Å². The quantitative estimate of drug-likeness (QED) is 0.430. The standard InChI is InChI=1S/C23H23N3OS/c1-15(2)12-16-4-6-18(7-5-16)21-14-26-22(25-21)20(13-24-23(26)28)17-8-10-19(27-3)11-9-17/h4-11,13-15,25H,12H2,1-3H3. The van der Waals surface area contributed by atoms with Crippen LogP contribution >= 0.6 is 12.2 Å². The summed E-state index contributed by atoms with van der Waals surface area (Å²) in [6.45, 7) is 4.47. The van der Waals surface area contributed by atoms with Crippen molar-refractivity contribution in [2.24, 2.45) is 5.92 Å². The fourth-order valence-corrected chi connectivity index (χ4v) is 3.62. The lowest BCUT2D eigenvalue weighted by Gasteiger charge is -2.06. The number of fused-ring (bicyclic) bond motifs is 1. The summed E-state index contributed by atoms with van der Waals surface area (Å²) in [7, 11) is 1.67. The topological polar surface area (TPSA) is 42.3 Å². The van der Waals surface area contributed by atoms with Crippen LogP contribution in [-0.4, -0.2) is 21.5 Å². The molecule has 0 amide bonds. The van der Waals surface area contributed by atoms with Crippen molar-refractivity contribution in [3.63, 3.8) is 0 Å². The molecule has 0 aliphatic heterocycles. The summed E-state index contributed by atoms with van der Waals surface area (Å²) in [5.41, 5.74) is 6.50. The molecule has 0 unspecified atom stereocenters. The molecule has 4 rings (SSSR count). The van der Waals surface area contributed by atoms with Crippen molar-refractivity contribution in [2.45, 2.75) is 20.3 Å². The van der Waals surface area contributed by atoms with Gasteiger partial charge < -0.3 is 9.72 Å². The summed E-state index contributed by atoms with van der Waals surface area (Å²) in [5, 5.41) is 0. The summed E-state index contributed by atoms with van der Waals surface area (Å²) >= 11 is 5.45. The Bertz CT molecular complexity index is 1160. The van der Waals surface area contributed by atoms with Crippen LogP contribution in [0.1, 0.15) is 19.4 Å². The predicted octanol–water partition coefficient (Wildman–Crippen LogP) is 5.93. The zero-order valence-electron chi connectivity index (χ0n) is 16.3. The first-order valence-electron chi connectivity index (χ1n) is 9.39. The van der Waals surface area contributed by atoms with Crippen molar-refractivity contribution in [3.05, 3.63) is 71.3 Å². The Morgan fingerprint density at radius 2 is 1.71 bits per heavy atom. The van der Waals surface area contributed by atoms with Crippen molar-refractivity contribution in [2.75, 3.05) is 7.11 Å². The molecule has 4 aromatic rings. The number of imidazole rings is 1. The highest BCUT2D eigenvalue weighted by atomic mass is 32.1. The van der Waals surface area contributed by atoms with E-state index in [4.69, 9.17) is 17.0 Å². The summed E-state index contributed by atoms with van der Waals surface area (Å²) in [6, 6.07) is 16.7. The maximum atomic E-state index is 5.45. The third kappa shape index (κ3) is 3.58. The number of hydrogen-bond donors (Lipinski definition) is 1. The van der Waals surface area contributed by atoms with Gasteiger partial charge in [-0.2, -0.15) is 0 Å². The Morgan fingerprint density at radius 1 is 1.04 bits per heavy atom. The Morgan fingerprint density at radius 3 is 2.36 bits per heavy atom. The van der Waals surface area contributed by atoms with Crippen LogP contribution < -0.4 is 4.74 Å². The lowest BCUT2D eigenvalue weighted by Crippen LogP contribution is -1.93. The first kappa shape index (κ1) is 18.4. The third-order valence-corrected chi connectivity index (χ3v) is 5.13. The van der Waals surface area contributed by atoms with Gasteiger partial charge in [0.25, 0.3) is 0 Å². The second-order valence-electron chi connectivity index (χ2n) is 7.36. The number of benzene rings is 2. The van der Waals surface area contributed by atoms with Gasteiger partial charge in [-0.25, -0.2) is 4.98 Å². The lowest BCUT2D eigenvalue weighted by atomic mass is 10.0. The normalized spacial score (nSPS) is 11.3. The van der Waals surface area contributed by atoms with E-state index in [2.05, 4.69) is 48.1 Å². The van der Waals surface area contributed by atoms with Gasteiger partial charge in [0, 0.05) is 18.0 Å². The molecule has 2 heterocycles. The van der Waals surface area contributed by atoms with Crippen LogP contribution in [0.5, 0.6) is 5.75 Å². The number of methoxy groups -OCH3 is 1. The number of H-pyrrole nitrogens is 1. The number of hydrogen-bond acceptors (Lipinski definition) is 3. The second kappa shape index (κ2) is 7.60. The summed E-state index contributed by atoms with van der Waals surface area (Å²) in [5.74, 6) is 1.48. The fourth-order valence-electron chi connectivity index (χ4n) is 3.43. The molecule has 2 aromatic carbocycles. The van der Waals surface area contributed by atoms with Gasteiger partial charge in [-0.1, -0.05) is 50.2 Å². The van der Waals surface area contributed by atoms with Gasteiger partial charge in [0.15, 0.2) is 0 Å². The number of aromatic amines is 1. The predicted molar refractivity (Wildman–Crippen MR) is 116 cm³/mol. The van der Waals surface area contributed by atoms with E-state index in [9.17, 15) is 0 Å².